The van der Waals surface area contributed by atoms with Gasteiger partial charge < -0.3 is 54.6 Å². The first kappa shape index (κ1) is 36.4. The fourth-order valence-corrected chi connectivity index (χ4v) is 4.62. The Kier molecular flexibility index (Phi) is 16.1. The topological polar surface area (TPSA) is 248 Å². The minimum atomic E-state index is -4.80. The highest BCUT2D eigenvalue weighted by molar-refractivity contribution is 7.46. The van der Waals surface area contributed by atoms with E-state index in [-0.39, 0.29) is 16.7 Å². The number of phosphoric ester groups is 1. The lowest BCUT2D eigenvalue weighted by atomic mass is 10.1. The number of phosphoric acid groups is 1. The number of fused-ring (bicyclic) bond motifs is 1. The quantitative estimate of drug-likeness (QED) is 0.0482. The lowest BCUT2D eigenvalue weighted by Crippen LogP contribution is -2.33. The molecule has 1 aliphatic rings. The minimum Gasteiger partial charge on any atom is -0.425 e. The summed E-state index contributed by atoms with van der Waals surface area (Å²) < 4.78 is 45.1. The molecule has 0 aromatic carbocycles. The molecule has 0 spiro atoms. The number of aliphatic hydroxyl groups is 2. The van der Waals surface area contributed by atoms with Gasteiger partial charge in [-0.3, -0.25) is 14.1 Å². The maximum Gasteiger partial charge on any atom is 0.469 e. The van der Waals surface area contributed by atoms with Gasteiger partial charge in [-0.05, 0) is 38.6 Å². The molecule has 44 heavy (non-hydrogen) atoms. The van der Waals surface area contributed by atoms with Crippen molar-refractivity contribution in [2.45, 2.75) is 56.6 Å². The van der Waals surface area contributed by atoms with Gasteiger partial charge in [-0.1, -0.05) is 0 Å². The van der Waals surface area contributed by atoms with Crippen LogP contribution in [-0.2, 0) is 32.8 Å². The molecule has 0 amide bonds. The summed E-state index contributed by atoms with van der Waals surface area (Å²) in [5.41, 5.74) is 5.93. The Bertz CT molecular complexity index is 1210. The summed E-state index contributed by atoms with van der Waals surface area (Å²) >= 11 is 0. The Balaban J connectivity index is 1.32. The number of aliphatic hydroxyl groups excluding tert-OH is 2. The van der Waals surface area contributed by atoms with Crippen LogP contribution in [-0.4, -0.2) is 135 Å². The SMILES string of the molecule is NCCCOCCOCCCCCOCCOCCCN=c1c2ncn(C3OC(COP(=O)(O)O)C(O)C3O)c2ncn1O. The van der Waals surface area contributed by atoms with Gasteiger partial charge in [0.05, 0.1) is 39.4 Å². The number of unbranched alkanes of at least 4 members (excludes halogenated alkanes) is 2. The third kappa shape index (κ3) is 12.0. The molecule has 2 aromatic heterocycles. The fourth-order valence-electron chi connectivity index (χ4n) is 4.28. The van der Waals surface area contributed by atoms with Crippen LogP contribution < -0.4 is 11.2 Å². The summed E-state index contributed by atoms with van der Waals surface area (Å²) in [5, 5.41) is 31.0. The molecule has 0 aliphatic carbocycles. The molecule has 7 N–H and O–H groups in total. The van der Waals surface area contributed by atoms with E-state index in [0.717, 1.165) is 36.7 Å². The molecule has 1 aliphatic heterocycles. The second-order valence-electron chi connectivity index (χ2n) is 9.96. The number of hydrogen-bond acceptors (Lipinski definition) is 14. The monoisotopic (exact) mass is 652 g/mol. The maximum atomic E-state index is 11.0. The molecule has 0 bridgehead atoms. The highest BCUT2D eigenvalue weighted by Gasteiger charge is 2.45. The van der Waals surface area contributed by atoms with Crippen molar-refractivity contribution >= 4 is 19.0 Å². The van der Waals surface area contributed by atoms with E-state index in [1.54, 1.807) is 0 Å². The highest BCUT2D eigenvalue weighted by atomic mass is 31.2. The van der Waals surface area contributed by atoms with Gasteiger partial charge >= 0.3 is 7.82 Å². The molecule has 19 heteroatoms. The lowest BCUT2D eigenvalue weighted by molar-refractivity contribution is -0.0504. The highest BCUT2D eigenvalue weighted by Crippen LogP contribution is 2.38. The van der Waals surface area contributed by atoms with E-state index >= 15 is 0 Å². The van der Waals surface area contributed by atoms with Crippen LogP contribution in [0.4, 0.5) is 0 Å². The van der Waals surface area contributed by atoms with E-state index < -0.39 is 39.0 Å². The van der Waals surface area contributed by atoms with E-state index in [9.17, 15) is 20.0 Å². The molecule has 4 atom stereocenters. The van der Waals surface area contributed by atoms with E-state index in [1.807, 2.05) is 0 Å². The van der Waals surface area contributed by atoms with Crippen molar-refractivity contribution in [3.05, 3.63) is 18.1 Å². The van der Waals surface area contributed by atoms with Gasteiger partial charge in [-0.2, -0.15) is 4.73 Å². The van der Waals surface area contributed by atoms with Gasteiger partial charge in [0.2, 0.25) is 0 Å². The Labute approximate surface area is 254 Å². The van der Waals surface area contributed by atoms with E-state index in [0.29, 0.717) is 72.4 Å². The van der Waals surface area contributed by atoms with Gasteiger partial charge in [-0.25, -0.2) is 14.5 Å². The minimum absolute atomic E-state index is 0.118. The predicted molar refractivity (Wildman–Crippen MR) is 152 cm³/mol. The molecular weight excluding hydrogens is 607 g/mol. The zero-order chi connectivity index (χ0) is 31.8. The van der Waals surface area contributed by atoms with Crippen molar-refractivity contribution in [3.63, 3.8) is 0 Å². The van der Waals surface area contributed by atoms with Crippen molar-refractivity contribution in [2.24, 2.45) is 10.7 Å². The molecule has 1 fully saturated rings. The van der Waals surface area contributed by atoms with Gasteiger partial charge in [-0.15, -0.1) is 0 Å². The largest absolute Gasteiger partial charge is 0.469 e. The Hall–Kier alpha value is -2.06. The second kappa shape index (κ2) is 19.5. The molecule has 252 valence electrons. The zero-order valence-corrected chi connectivity index (χ0v) is 25.5. The van der Waals surface area contributed by atoms with Crippen molar-refractivity contribution in [2.75, 3.05) is 72.6 Å². The van der Waals surface area contributed by atoms with Gasteiger partial charge in [0, 0.05) is 33.0 Å². The van der Waals surface area contributed by atoms with E-state index in [4.69, 9.17) is 39.2 Å². The summed E-state index contributed by atoms with van der Waals surface area (Å²) in [5.74, 6) is 0. The number of nitrogens with two attached hydrogens (primary N) is 1. The first-order chi connectivity index (χ1) is 21.2. The van der Waals surface area contributed by atoms with Crippen LogP contribution in [0.5, 0.6) is 0 Å². The number of hydrogen-bond donors (Lipinski definition) is 6. The average molecular weight is 653 g/mol. The molecule has 0 saturated carbocycles. The molecule has 18 nitrogen and oxygen atoms in total. The van der Waals surface area contributed by atoms with E-state index in [2.05, 4.69) is 19.5 Å². The van der Waals surface area contributed by atoms with Crippen molar-refractivity contribution < 1.29 is 58.0 Å². The summed E-state index contributed by atoms with van der Waals surface area (Å²) in [4.78, 5) is 30.6. The third-order valence-corrected chi connectivity index (χ3v) is 7.01. The van der Waals surface area contributed by atoms with Gasteiger partial charge in [0.15, 0.2) is 22.9 Å². The Morgan fingerprint density at radius 1 is 0.864 bits per heavy atom. The lowest BCUT2D eigenvalue weighted by Gasteiger charge is -2.16. The van der Waals surface area contributed by atoms with E-state index in [1.165, 1.54) is 10.9 Å². The van der Waals surface area contributed by atoms with Crippen LogP contribution in [0.3, 0.4) is 0 Å². The second-order valence-corrected chi connectivity index (χ2v) is 11.2. The Morgan fingerprint density at radius 2 is 1.48 bits per heavy atom. The molecule has 3 heterocycles. The van der Waals surface area contributed by atoms with Crippen LogP contribution >= 0.6 is 7.82 Å². The fraction of sp³-hybridized carbons (Fsp3) is 0.800. The standard InChI is InChI=1S/C25H45N6O12P/c26-6-4-10-40-14-12-38-8-2-1-3-9-39-13-15-41-11-5-7-27-24-20-23(29-18-31(24)34)30(17-28-20)25-22(33)21(32)19(43-25)16-42-44(35,36)37/h17-19,21-22,25,32-34H,1-16,26H2,(H2,35,36,37). The number of imidazole rings is 1. The molecular formula is C25H45N6O12P. The molecule has 3 rings (SSSR count). The van der Waals surface area contributed by atoms with Gasteiger partial charge in [0.1, 0.15) is 24.6 Å². The summed E-state index contributed by atoms with van der Waals surface area (Å²) in [6.07, 6.45) is 1.43. The third-order valence-electron chi connectivity index (χ3n) is 6.53. The first-order valence-electron chi connectivity index (χ1n) is 14.6. The Morgan fingerprint density at radius 3 is 2.09 bits per heavy atom. The van der Waals surface area contributed by atoms with Crippen LogP contribution in [0, 0.1) is 0 Å². The molecule has 0 radical (unpaired) electrons. The number of nitrogens with zero attached hydrogens (tertiary/aromatic N) is 5. The molecule has 2 aromatic rings. The van der Waals surface area contributed by atoms with Crippen molar-refractivity contribution in [1.29, 1.82) is 0 Å². The summed E-state index contributed by atoms with van der Waals surface area (Å²) in [7, 11) is -4.80. The number of aromatic nitrogens is 4. The van der Waals surface area contributed by atoms with Crippen LogP contribution in [0.1, 0.15) is 38.3 Å². The summed E-state index contributed by atoms with van der Waals surface area (Å²) in [6, 6.07) is 0. The zero-order valence-electron chi connectivity index (χ0n) is 24.6. The number of rotatable bonds is 23. The van der Waals surface area contributed by atoms with Crippen LogP contribution in [0.25, 0.3) is 11.2 Å². The van der Waals surface area contributed by atoms with Crippen LogP contribution in [0.2, 0.25) is 0 Å². The predicted octanol–water partition coefficient (Wildman–Crippen LogP) is -0.925. The van der Waals surface area contributed by atoms with Crippen molar-refractivity contribution in [1.82, 2.24) is 19.3 Å². The average Bonchev–Trinajstić information content (AvgIpc) is 3.53. The van der Waals surface area contributed by atoms with Crippen LogP contribution in [0.15, 0.2) is 17.6 Å². The number of ether oxygens (including phenoxy) is 5. The first-order valence-corrected chi connectivity index (χ1v) is 16.1. The van der Waals surface area contributed by atoms with Gasteiger partial charge in [0.25, 0.3) is 0 Å². The smallest absolute Gasteiger partial charge is 0.425 e. The van der Waals surface area contributed by atoms with Crippen molar-refractivity contribution in [3.8, 4) is 0 Å². The molecule has 1 saturated heterocycles. The molecule has 4 unspecified atom stereocenters. The maximum absolute atomic E-state index is 11.0. The summed E-state index contributed by atoms with van der Waals surface area (Å²) in [6.45, 7) is 4.92. The normalized spacial score (nSPS) is 21.2.